The van der Waals surface area contributed by atoms with Crippen LogP contribution in [0.5, 0.6) is 0 Å². The molecular weight excluding hydrogens is 210 g/mol. The Labute approximate surface area is 91.4 Å². The van der Waals surface area contributed by atoms with Crippen molar-refractivity contribution in [3.8, 4) is 0 Å². The zero-order valence-corrected chi connectivity index (χ0v) is 8.75. The SMILES string of the molecule is COCCn1nnc2cc(C(=O)O)ccc21. The fraction of sp³-hybridized carbons (Fsp3) is 0.300. The van der Waals surface area contributed by atoms with Crippen LogP contribution in [0.1, 0.15) is 10.4 Å². The van der Waals surface area contributed by atoms with Gasteiger partial charge in [0.2, 0.25) is 0 Å². The minimum Gasteiger partial charge on any atom is -0.478 e. The van der Waals surface area contributed by atoms with Gasteiger partial charge in [0.1, 0.15) is 5.52 Å². The van der Waals surface area contributed by atoms with E-state index in [1.54, 1.807) is 17.9 Å². The quantitative estimate of drug-likeness (QED) is 0.825. The number of hydrogen-bond donors (Lipinski definition) is 1. The number of ether oxygens (including phenoxy) is 1. The number of rotatable bonds is 4. The van der Waals surface area contributed by atoms with Crippen LogP contribution < -0.4 is 0 Å². The number of nitrogens with zero attached hydrogens (tertiary/aromatic N) is 3. The normalized spacial score (nSPS) is 10.8. The third-order valence-electron chi connectivity index (χ3n) is 2.27. The molecule has 2 rings (SSSR count). The minimum absolute atomic E-state index is 0.214. The van der Waals surface area contributed by atoms with Crippen LogP contribution in [-0.2, 0) is 11.3 Å². The van der Waals surface area contributed by atoms with E-state index in [0.29, 0.717) is 18.7 Å². The molecule has 0 radical (unpaired) electrons. The zero-order valence-electron chi connectivity index (χ0n) is 8.75. The first-order chi connectivity index (χ1) is 7.72. The number of carbonyl (C=O) groups is 1. The van der Waals surface area contributed by atoms with Gasteiger partial charge in [-0.3, -0.25) is 0 Å². The van der Waals surface area contributed by atoms with Gasteiger partial charge in [-0.05, 0) is 18.2 Å². The van der Waals surface area contributed by atoms with Crippen molar-refractivity contribution >= 4 is 17.0 Å². The highest BCUT2D eigenvalue weighted by Gasteiger charge is 2.08. The molecule has 0 saturated carbocycles. The molecular formula is C10H11N3O3. The van der Waals surface area contributed by atoms with Gasteiger partial charge < -0.3 is 9.84 Å². The fourth-order valence-corrected chi connectivity index (χ4v) is 1.45. The number of benzene rings is 1. The average molecular weight is 221 g/mol. The van der Waals surface area contributed by atoms with Crippen molar-refractivity contribution in [2.45, 2.75) is 6.54 Å². The standard InChI is InChI=1S/C10H11N3O3/c1-16-5-4-13-9-3-2-7(10(14)15)6-8(9)11-12-13/h2-3,6H,4-5H2,1H3,(H,14,15). The maximum Gasteiger partial charge on any atom is 0.335 e. The first kappa shape index (κ1) is 10.6. The van der Waals surface area contributed by atoms with Crippen molar-refractivity contribution in [3.63, 3.8) is 0 Å². The molecule has 0 aliphatic rings. The monoisotopic (exact) mass is 221 g/mol. The summed E-state index contributed by atoms with van der Waals surface area (Å²) in [4.78, 5) is 10.7. The van der Waals surface area contributed by atoms with Gasteiger partial charge in [0.05, 0.1) is 24.2 Å². The van der Waals surface area contributed by atoms with Crippen molar-refractivity contribution < 1.29 is 14.6 Å². The summed E-state index contributed by atoms with van der Waals surface area (Å²) in [5.41, 5.74) is 1.60. The molecule has 1 N–H and O–H groups in total. The first-order valence-electron chi connectivity index (χ1n) is 4.78. The molecule has 0 amide bonds. The van der Waals surface area contributed by atoms with Crippen LogP contribution in [0.15, 0.2) is 18.2 Å². The summed E-state index contributed by atoms with van der Waals surface area (Å²) >= 11 is 0. The van der Waals surface area contributed by atoms with E-state index >= 15 is 0 Å². The Balaban J connectivity index is 2.38. The van der Waals surface area contributed by atoms with E-state index in [1.807, 2.05) is 0 Å². The van der Waals surface area contributed by atoms with Crippen molar-refractivity contribution in [2.24, 2.45) is 0 Å². The molecule has 0 atom stereocenters. The molecule has 0 spiro atoms. The molecule has 1 heterocycles. The average Bonchev–Trinajstić information content (AvgIpc) is 2.68. The molecule has 0 bridgehead atoms. The Kier molecular flexibility index (Phi) is 2.82. The summed E-state index contributed by atoms with van der Waals surface area (Å²) < 4.78 is 6.63. The van der Waals surface area contributed by atoms with Crippen LogP contribution >= 0.6 is 0 Å². The Morgan fingerprint density at radius 3 is 3.06 bits per heavy atom. The number of fused-ring (bicyclic) bond motifs is 1. The van der Waals surface area contributed by atoms with Gasteiger partial charge in [-0.1, -0.05) is 5.21 Å². The second-order valence-corrected chi connectivity index (χ2v) is 3.31. The number of aromatic nitrogens is 3. The fourth-order valence-electron chi connectivity index (χ4n) is 1.45. The van der Waals surface area contributed by atoms with Crippen molar-refractivity contribution in [1.29, 1.82) is 0 Å². The van der Waals surface area contributed by atoms with Crippen molar-refractivity contribution in [2.75, 3.05) is 13.7 Å². The summed E-state index contributed by atoms with van der Waals surface area (Å²) in [5.74, 6) is -0.964. The summed E-state index contributed by atoms with van der Waals surface area (Å²) in [6, 6.07) is 4.75. The van der Waals surface area contributed by atoms with Crippen LogP contribution in [0.3, 0.4) is 0 Å². The van der Waals surface area contributed by atoms with E-state index in [1.165, 1.54) is 12.1 Å². The molecule has 16 heavy (non-hydrogen) atoms. The largest absolute Gasteiger partial charge is 0.478 e. The van der Waals surface area contributed by atoms with Crippen LogP contribution in [-0.4, -0.2) is 39.8 Å². The van der Waals surface area contributed by atoms with Gasteiger partial charge in [-0.2, -0.15) is 0 Å². The van der Waals surface area contributed by atoms with E-state index in [0.717, 1.165) is 5.52 Å². The molecule has 0 aliphatic carbocycles. The van der Waals surface area contributed by atoms with Crippen molar-refractivity contribution in [3.05, 3.63) is 23.8 Å². The smallest absolute Gasteiger partial charge is 0.335 e. The van der Waals surface area contributed by atoms with Crippen LogP contribution in [0.25, 0.3) is 11.0 Å². The minimum atomic E-state index is -0.964. The lowest BCUT2D eigenvalue weighted by Crippen LogP contribution is -2.05. The van der Waals surface area contributed by atoms with Crippen LogP contribution in [0.4, 0.5) is 0 Å². The number of aromatic carboxylic acids is 1. The molecule has 84 valence electrons. The highest BCUT2D eigenvalue weighted by atomic mass is 16.5. The van der Waals surface area contributed by atoms with Crippen molar-refractivity contribution in [1.82, 2.24) is 15.0 Å². The summed E-state index contributed by atoms with van der Waals surface area (Å²) in [7, 11) is 1.61. The topological polar surface area (TPSA) is 77.2 Å². The lowest BCUT2D eigenvalue weighted by molar-refractivity contribution is 0.0697. The van der Waals surface area contributed by atoms with Crippen LogP contribution in [0, 0.1) is 0 Å². The number of methoxy groups -OCH3 is 1. The maximum absolute atomic E-state index is 10.7. The van der Waals surface area contributed by atoms with Gasteiger partial charge in [-0.25, -0.2) is 9.48 Å². The van der Waals surface area contributed by atoms with E-state index in [-0.39, 0.29) is 5.56 Å². The second-order valence-electron chi connectivity index (χ2n) is 3.31. The molecule has 1 aromatic heterocycles. The van der Waals surface area contributed by atoms with E-state index < -0.39 is 5.97 Å². The van der Waals surface area contributed by atoms with Gasteiger partial charge in [0.15, 0.2) is 0 Å². The van der Waals surface area contributed by atoms with E-state index in [4.69, 9.17) is 9.84 Å². The Morgan fingerprint density at radius 1 is 1.56 bits per heavy atom. The molecule has 1 aromatic carbocycles. The predicted molar refractivity (Wildman–Crippen MR) is 56.4 cm³/mol. The zero-order chi connectivity index (χ0) is 11.5. The highest BCUT2D eigenvalue weighted by molar-refractivity contribution is 5.92. The maximum atomic E-state index is 10.7. The summed E-state index contributed by atoms with van der Waals surface area (Å²) in [6.07, 6.45) is 0. The first-order valence-corrected chi connectivity index (χ1v) is 4.78. The van der Waals surface area contributed by atoms with Gasteiger partial charge >= 0.3 is 5.97 Å². The molecule has 6 nitrogen and oxygen atoms in total. The molecule has 0 unspecified atom stereocenters. The highest BCUT2D eigenvalue weighted by Crippen LogP contribution is 2.13. The number of carboxylic acid groups (broad SMARTS) is 1. The third-order valence-corrected chi connectivity index (χ3v) is 2.27. The third kappa shape index (κ3) is 1.87. The van der Waals surface area contributed by atoms with Gasteiger partial charge in [0.25, 0.3) is 0 Å². The number of hydrogen-bond acceptors (Lipinski definition) is 4. The molecule has 6 heteroatoms. The second kappa shape index (κ2) is 4.28. The lowest BCUT2D eigenvalue weighted by Gasteiger charge is -2.00. The molecule has 2 aromatic rings. The lowest BCUT2D eigenvalue weighted by atomic mass is 10.2. The van der Waals surface area contributed by atoms with Gasteiger partial charge in [-0.15, -0.1) is 5.10 Å². The Hall–Kier alpha value is -1.95. The van der Waals surface area contributed by atoms with Crippen LogP contribution in [0.2, 0.25) is 0 Å². The Bertz CT molecular complexity index is 521. The summed E-state index contributed by atoms with van der Waals surface area (Å²) in [5, 5.41) is 16.7. The van der Waals surface area contributed by atoms with E-state index in [9.17, 15) is 4.79 Å². The molecule has 0 saturated heterocycles. The molecule has 0 fully saturated rings. The molecule has 0 aliphatic heterocycles. The predicted octanol–water partition coefficient (Wildman–Crippen LogP) is 0.776. The van der Waals surface area contributed by atoms with Gasteiger partial charge in [0, 0.05) is 7.11 Å². The Morgan fingerprint density at radius 2 is 2.38 bits per heavy atom. The van der Waals surface area contributed by atoms with E-state index in [2.05, 4.69) is 10.3 Å². The summed E-state index contributed by atoms with van der Waals surface area (Å²) in [6.45, 7) is 1.14. The number of carboxylic acids is 1.